The quantitative estimate of drug-likeness (QED) is 0.427. The van der Waals surface area contributed by atoms with Crippen molar-refractivity contribution in [2.75, 3.05) is 0 Å². The van der Waals surface area contributed by atoms with E-state index in [-0.39, 0.29) is 5.82 Å². The van der Waals surface area contributed by atoms with Gasteiger partial charge in [-0.25, -0.2) is 4.39 Å². The van der Waals surface area contributed by atoms with Crippen LogP contribution in [0.3, 0.4) is 0 Å². The summed E-state index contributed by atoms with van der Waals surface area (Å²) >= 11 is 1.17. The van der Waals surface area contributed by atoms with Gasteiger partial charge >= 0.3 is 0 Å². The van der Waals surface area contributed by atoms with Gasteiger partial charge in [-0.05, 0) is 24.3 Å². The molecular formula is C8H6FNO2S. The Morgan fingerprint density at radius 1 is 1.38 bits per heavy atom. The summed E-state index contributed by atoms with van der Waals surface area (Å²) in [5, 5.41) is 11.2. The Hall–Kier alpha value is -1.36. The number of nitro groups is 1. The lowest BCUT2D eigenvalue weighted by atomic mass is 10.4. The van der Waals surface area contributed by atoms with Crippen LogP contribution in [0.25, 0.3) is 0 Å². The van der Waals surface area contributed by atoms with Gasteiger partial charge in [-0.1, -0.05) is 11.8 Å². The molecule has 68 valence electrons. The van der Waals surface area contributed by atoms with E-state index in [1.54, 1.807) is 12.1 Å². The van der Waals surface area contributed by atoms with Crippen LogP contribution in [0, 0.1) is 15.9 Å². The van der Waals surface area contributed by atoms with Crippen molar-refractivity contribution < 1.29 is 9.31 Å². The summed E-state index contributed by atoms with van der Waals surface area (Å²) in [6.45, 7) is 0. The van der Waals surface area contributed by atoms with E-state index in [2.05, 4.69) is 0 Å². The average Bonchev–Trinajstić information content (AvgIpc) is 2.08. The van der Waals surface area contributed by atoms with E-state index >= 15 is 0 Å². The summed E-state index contributed by atoms with van der Waals surface area (Å²) in [7, 11) is 0. The largest absolute Gasteiger partial charge is 0.259 e. The second-order valence-electron chi connectivity index (χ2n) is 2.14. The maximum Gasteiger partial charge on any atom is 0.241 e. The lowest BCUT2D eigenvalue weighted by Gasteiger charge is -1.92. The van der Waals surface area contributed by atoms with Gasteiger partial charge in [0, 0.05) is 10.3 Å². The monoisotopic (exact) mass is 199 g/mol. The molecule has 0 radical (unpaired) electrons. The summed E-state index contributed by atoms with van der Waals surface area (Å²) in [6, 6.07) is 5.74. The topological polar surface area (TPSA) is 43.1 Å². The van der Waals surface area contributed by atoms with Gasteiger partial charge in [-0.3, -0.25) is 10.1 Å². The molecule has 0 amide bonds. The van der Waals surface area contributed by atoms with Gasteiger partial charge in [0.1, 0.15) is 5.82 Å². The van der Waals surface area contributed by atoms with Crippen molar-refractivity contribution in [2.24, 2.45) is 0 Å². The average molecular weight is 199 g/mol. The third-order valence-electron chi connectivity index (χ3n) is 1.20. The number of halogens is 1. The van der Waals surface area contributed by atoms with Crippen LogP contribution in [-0.2, 0) is 0 Å². The Morgan fingerprint density at radius 2 is 2.00 bits per heavy atom. The Bertz CT molecular complexity index is 323. The summed E-state index contributed by atoms with van der Waals surface area (Å²) in [5.74, 6) is -0.317. The molecule has 1 aromatic rings. The second-order valence-corrected chi connectivity index (χ2v) is 3.12. The fourth-order valence-electron chi connectivity index (χ4n) is 0.672. The molecule has 0 aliphatic carbocycles. The summed E-state index contributed by atoms with van der Waals surface area (Å²) in [4.78, 5) is 10.1. The van der Waals surface area contributed by atoms with Gasteiger partial charge < -0.3 is 0 Å². The van der Waals surface area contributed by atoms with Crippen molar-refractivity contribution in [2.45, 2.75) is 4.90 Å². The minimum absolute atomic E-state index is 0.317. The molecule has 5 heteroatoms. The smallest absolute Gasteiger partial charge is 0.241 e. The maximum absolute atomic E-state index is 12.4. The molecule has 0 aliphatic rings. The zero-order valence-electron chi connectivity index (χ0n) is 6.51. The molecule has 13 heavy (non-hydrogen) atoms. The molecule has 0 fully saturated rings. The van der Waals surface area contributed by atoms with Crippen LogP contribution in [0.2, 0.25) is 0 Å². The molecule has 0 saturated heterocycles. The zero-order valence-corrected chi connectivity index (χ0v) is 7.33. The first-order valence-electron chi connectivity index (χ1n) is 3.41. The van der Waals surface area contributed by atoms with Crippen LogP contribution in [0.1, 0.15) is 0 Å². The number of nitrogens with zero attached hydrogens (tertiary/aromatic N) is 1. The molecule has 0 aromatic heterocycles. The van der Waals surface area contributed by atoms with E-state index < -0.39 is 4.92 Å². The minimum atomic E-state index is -0.545. The lowest BCUT2D eigenvalue weighted by molar-refractivity contribution is -0.402. The molecule has 0 unspecified atom stereocenters. The van der Waals surface area contributed by atoms with Crippen molar-refractivity contribution in [1.82, 2.24) is 0 Å². The molecule has 0 bridgehead atoms. The first-order chi connectivity index (χ1) is 6.18. The standard InChI is InChI=1S/C8H6FNO2S/c9-7-1-3-8(4-2-7)13-6-5-10(11)12/h1-6H. The fraction of sp³-hybridized carbons (Fsp3) is 0. The van der Waals surface area contributed by atoms with Crippen molar-refractivity contribution in [3.8, 4) is 0 Å². The highest BCUT2D eigenvalue weighted by Crippen LogP contribution is 2.18. The number of rotatable bonds is 3. The van der Waals surface area contributed by atoms with Gasteiger partial charge in [0.2, 0.25) is 6.20 Å². The highest BCUT2D eigenvalue weighted by Gasteiger charge is 1.92. The van der Waals surface area contributed by atoms with E-state index in [1.807, 2.05) is 0 Å². The third kappa shape index (κ3) is 3.71. The van der Waals surface area contributed by atoms with Gasteiger partial charge in [-0.2, -0.15) is 0 Å². The zero-order chi connectivity index (χ0) is 9.68. The second kappa shape index (κ2) is 4.61. The number of hydrogen-bond donors (Lipinski definition) is 0. The Morgan fingerprint density at radius 3 is 2.54 bits per heavy atom. The predicted molar refractivity (Wildman–Crippen MR) is 48.4 cm³/mol. The van der Waals surface area contributed by atoms with Crippen LogP contribution in [0.5, 0.6) is 0 Å². The molecule has 1 aromatic carbocycles. The Kier molecular flexibility index (Phi) is 3.45. The van der Waals surface area contributed by atoms with Gasteiger partial charge in [0.05, 0.1) is 4.92 Å². The summed E-state index contributed by atoms with van der Waals surface area (Å²) in [5.41, 5.74) is 0. The first-order valence-corrected chi connectivity index (χ1v) is 4.29. The van der Waals surface area contributed by atoms with Gasteiger partial charge in [-0.15, -0.1) is 0 Å². The molecule has 1 rings (SSSR count). The molecule has 0 spiro atoms. The van der Waals surface area contributed by atoms with E-state index in [9.17, 15) is 14.5 Å². The van der Waals surface area contributed by atoms with Crippen LogP contribution in [0.15, 0.2) is 40.8 Å². The van der Waals surface area contributed by atoms with E-state index in [0.717, 1.165) is 11.1 Å². The van der Waals surface area contributed by atoms with E-state index in [0.29, 0.717) is 0 Å². The van der Waals surface area contributed by atoms with Crippen LogP contribution in [0.4, 0.5) is 4.39 Å². The number of hydrogen-bond acceptors (Lipinski definition) is 3. The fourth-order valence-corrected chi connectivity index (χ4v) is 1.28. The minimum Gasteiger partial charge on any atom is -0.259 e. The molecule has 3 nitrogen and oxygen atoms in total. The Labute approximate surface area is 78.4 Å². The van der Waals surface area contributed by atoms with Gasteiger partial charge in [0.15, 0.2) is 0 Å². The Balaban J connectivity index is 2.55. The lowest BCUT2D eigenvalue weighted by Crippen LogP contribution is -1.80. The highest BCUT2D eigenvalue weighted by molar-refractivity contribution is 8.02. The summed E-state index contributed by atoms with van der Waals surface area (Å²) < 4.78 is 12.4. The van der Waals surface area contributed by atoms with E-state index in [4.69, 9.17) is 0 Å². The molecule has 0 heterocycles. The van der Waals surface area contributed by atoms with Crippen molar-refractivity contribution in [3.63, 3.8) is 0 Å². The van der Waals surface area contributed by atoms with E-state index in [1.165, 1.54) is 29.3 Å². The predicted octanol–water partition coefficient (Wildman–Crippen LogP) is 2.67. The van der Waals surface area contributed by atoms with Crippen molar-refractivity contribution in [3.05, 3.63) is 51.8 Å². The van der Waals surface area contributed by atoms with Crippen molar-refractivity contribution >= 4 is 11.8 Å². The SMILES string of the molecule is O=[N+]([O-])C=CSc1ccc(F)cc1. The first kappa shape index (κ1) is 9.73. The maximum atomic E-state index is 12.4. The summed E-state index contributed by atoms with van der Waals surface area (Å²) in [6.07, 6.45) is 0.841. The normalized spacial score (nSPS) is 10.5. The highest BCUT2D eigenvalue weighted by atomic mass is 32.2. The number of thioether (sulfide) groups is 1. The molecule has 0 aliphatic heterocycles. The van der Waals surface area contributed by atoms with Crippen LogP contribution < -0.4 is 0 Å². The molecule has 0 N–H and O–H groups in total. The third-order valence-corrected chi connectivity index (χ3v) is 2.00. The van der Waals surface area contributed by atoms with Crippen LogP contribution in [-0.4, -0.2) is 4.92 Å². The van der Waals surface area contributed by atoms with Crippen molar-refractivity contribution in [1.29, 1.82) is 0 Å². The molecular weight excluding hydrogens is 193 g/mol. The molecule has 0 atom stereocenters. The number of benzene rings is 1. The molecule has 0 saturated carbocycles. The van der Waals surface area contributed by atoms with Gasteiger partial charge in [0.25, 0.3) is 0 Å². The van der Waals surface area contributed by atoms with Crippen LogP contribution >= 0.6 is 11.8 Å².